The largest absolute Gasteiger partial charge is 0.384 e. The molecule has 1 heterocycles. The molecule has 2 aromatic rings. The number of allylic oxidation sites excluding steroid dienone is 3. The molecule has 2 aromatic carbocycles. The topological polar surface area (TPSA) is 70.1 Å². The molecule has 4 nitrogen and oxygen atoms in total. The van der Waals surface area contributed by atoms with E-state index in [4.69, 9.17) is 5.73 Å². The molecule has 4 heteroatoms. The summed E-state index contributed by atoms with van der Waals surface area (Å²) < 4.78 is 0. The molecule has 0 spiro atoms. The van der Waals surface area contributed by atoms with E-state index in [-0.39, 0.29) is 11.2 Å². The van der Waals surface area contributed by atoms with Crippen LogP contribution in [0.15, 0.2) is 77.3 Å². The number of hydrogen-bond donors (Lipinski definition) is 1. The first-order valence-electron chi connectivity index (χ1n) is 9.90. The van der Waals surface area contributed by atoms with Crippen LogP contribution in [-0.4, -0.2) is 5.78 Å². The first kappa shape index (κ1) is 19.0. The van der Waals surface area contributed by atoms with Crippen LogP contribution < -0.4 is 10.6 Å². The number of hydrogen-bond acceptors (Lipinski definition) is 4. The Hall–Kier alpha value is -3.32. The minimum Gasteiger partial charge on any atom is -0.384 e. The third-order valence-corrected chi connectivity index (χ3v) is 5.81. The number of nitrogens with zero attached hydrogens (tertiary/aromatic N) is 2. The Kier molecular flexibility index (Phi) is 4.55. The lowest BCUT2D eigenvalue weighted by Crippen LogP contribution is -2.42. The minimum atomic E-state index is -0.415. The number of carbonyl (C=O) groups is 1. The summed E-state index contributed by atoms with van der Waals surface area (Å²) in [7, 11) is 0. The molecule has 0 radical (unpaired) electrons. The van der Waals surface area contributed by atoms with Crippen molar-refractivity contribution in [1.29, 1.82) is 5.26 Å². The molecule has 0 aromatic heterocycles. The van der Waals surface area contributed by atoms with E-state index >= 15 is 0 Å². The quantitative estimate of drug-likeness (QED) is 0.798. The van der Waals surface area contributed by atoms with Gasteiger partial charge < -0.3 is 5.73 Å². The summed E-state index contributed by atoms with van der Waals surface area (Å²) in [5.41, 5.74) is 11.5. The van der Waals surface area contributed by atoms with E-state index in [2.05, 4.69) is 19.9 Å². The monoisotopic (exact) mass is 383 g/mol. The van der Waals surface area contributed by atoms with Crippen molar-refractivity contribution in [3.05, 3.63) is 88.4 Å². The number of carbonyl (C=O) groups excluding carboxylic acids is 1. The smallest absolute Gasteiger partial charge is 0.162 e. The van der Waals surface area contributed by atoms with E-state index in [0.29, 0.717) is 23.4 Å². The van der Waals surface area contributed by atoms with E-state index in [0.717, 1.165) is 28.9 Å². The lowest BCUT2D eigenvalue weighted by Gasteiger charge is -2.43. The zero-order valence-corrected chi connectivity index (χ0v) is 17.1. The summed E-state index contributed by atoms with van der Waals surface area (Å²) in [6.07, 6.45) is 1.19. The molecule has 2 N–H and O–H groups in total. The molecular weight excluding hydrogens is 358 g/mol. The Morgan fingerprint density at radius 3 is 2.34 bits per heavy atom. The predicted octanol–water partition coefficient (Wildman–Crippen LogP) is 4.94. The highest BCUT2D eigenvalue weighted by atomic mass is 16.1. The Labute approximate surface area is 171 Å². The summed E-state index contributed by atoms with van der Waals surface area (Å²) in [6.45, 7) is 6.25. The van der Waals surface area contributed by atoms with Crippen LogP contribution in [0.25, 0.3) is 0 Å². The average molecular weight is 383 g/mol. The van der Waals surface area contributed by atoms with E-state index in [1.807, 2.05) is 66.4 Å². The van der Waals surface area contributed by atoms with Gasteiger partial charge in [0.05, 0.1) is 17.6 Å². The summed E-state index contributed by atoms with van der Waals surface area (Å²) in [4.78, 5) is 15.3. The molecule has 1 aliphatic heterocycles. The van der Waals surface area contributed by atoms with Crippen LogP contribution in [0.5, 0.6) is 0 Å². The van der Waals surface area contributed by atoms with Crippen molar-refractivity contribution in [2.24, 2.45) is 11.1 Å². The molecule has 29 heavy (non-hydrogen) atoms. The number of Topliss-reactive ketones (excluding diaryl/α,β-unsaturated/α-hetero) is 1. The van der Waals surface area contributed by atoms with Crippen LogP contribution in [0.3, 0.4) is 0 Å². The van der Waals surface area contributed by atoms with E-state index in [1.165, 1.54) is 0 Å². The van der Waals surface area contributed by atoms with Gasteiger partial charge in [-0.15, -0.1) is 0 Å². The fourth-order valence-corrected chi connectivity index (χ4v) is 4.48. The molecule has 0 amide bonds. The van der Waals surface area contributed by atoms with Gasteiger partial charge >= 0.3 is 0 Å². The van der Waals surface area contributed by atoms with E-state index in [9.17, 15) is 10.1 Å². The van der Waals surface area contributed by atoms with Gasteiger partial charge in [-0.2, -0.15) is 5.26 Å². The number of anilines is 1. The molecule has 4 rings (SSSR count). The van der Waals surface area contributed by atoms with Crippen LogP contribution in [-0.2, 0) is 4.79 Å². The van der Waals surface area contributed by atoms with Crippen molar-refractivity contribution < 1.29 is 4.79 Å². The van der Waals surface area contributed by atoms with Crippen molar-refractivity contribution >= 4 is 11.5 Å². The number of rotatable bonds is 2. The van der Waals surface area contributed by atoms with Crippen LogP contribution in [0, 0.1) is 23.7 Å². The average Bonchev–Trinajstić information content (AvgIpc) is 2.68. The molecule has 1 aliphatic carbocycles. The third-order valence-electron chi connectivity index (χ3n) is 5.81. The Morgan fingerprint density at radius 2 is 1.72 bits per heavy atom. The van der Waals surface area contributed by atoms with Gasteiger partial charge in [0.15, 0.2) is 5.78 Å². The second kappa shape index (κ2) is 6.93. The van der Waals surface area contributed by atoms with Gasteiger partial charge in [0, 0.05) is 23.4 Å². The summed E-state index contributed by atoms with van der Waals surface area (Å²) >= 11 is 0. The highest BCUT2D eigenvalue weighted by Gasteiger charge is 2.44. The summed E-state index contributed by atoms with van der Waals surface area (Å²) in [5.74, 6) is 0.0958. The Bertz CT molecular complexity index is 1070. The first-order valence-corrected chi connectivity index (χ1v) is 9.90. The number of benzene rings is 2. The van der Waals surface area contributed by atoms with E-state index < -0.39 is 5.92 Å². The van der Waals surface area contributed by atoms with Gasteiger partial charge in [0.1, 0.15) is 5.82 Å². The van der Waals surface area contributed by atoms with Gasteiger partial charge in [-0.05, 0) is 36.5 Å². The fraction of sp³-hybridized carbons (Fsp3) is 0.280. The molecule has 1 atom stereocenters. The maximum Gasteiger partial charge on any atom is 0.162 e. The van der Waals surface area contributed by atoms with Crippen molar-refractivity contribution in [3.8, 4) is 6.07 Å². The first-order chi connectivity index (χ1) is 13.8. The van der Waals surface area contributed by atoms with E-state index in [1.54, 1.807) is 0 Å². The molecule has 0 saturated heterocycles. The number of aryl methyl sites for hydroxylation is 1. The standard InChI is InChI=1S/C25H25N3O/c1-16-9-11-18(12-10-16)28-20-13-25(2,3)14-21(29)23(20)22(19(15-26)24(28)27)17-7-5-4-6-8-17/h4-12,22H,13-14,27H2,1-3H3. The predicted molar refractivity (Wildman–Crippen MR) is 115 cm³/mol. The lowest BCUT2D eigenvalue weighted by molar-refractivity contribution is -0.118. The van der Waals surface area contributed by atoms with Crippen LogP contribution >= 0.6 is 0 Å². The summed E-state index contributed by atoms with van der Waals surface area (Å²) in [5, 5.41) is 10.0. The molecule has 0 fully saturated rings. The molecule has 0 saturated carbocycles. The van der Waals surface area contributed by atoms with Crippen molar-refractivity contribution in [2.75, 3.05) is 4.90 Å². The lowest BCUT2D eigenvalue weighted by atomic mass is 9.68. The number of ketones is 1. The zero-order valence-electron chi connectivity index (χ0n) is 17.1. The minimum absolute atomic E-state index is 0.0995. The van der Waals surface area contributed by atoms with Crippen molar-refractivity contribution in [2.45, 2.75) is 39.5 Å². The molecule has 0 bridgehead atoms. The van der Waals surface area contributed by atoms with Crippen LogP contribution in [0.4, 0.5) is 5.69 Å². The SMILES string of the molecule is Cc1ccc(N2C(N)=C(C#N)C(c3ccccc3)C3=C2CC(C)(C)CC3=O)cc1. The molecule has 2 aliphatic rings. The zero-order chi connectivity index (χ0) is 20.8. The van der Waals surface area contributed by atoms with Crippen LogP contribution in [0.1, 0.15) is 43.7 Å². The summed E-state index contributed by atoms with van der Waals surface area (Å²) in [6, 6.07) is 20.1. The highest BCUT2D eigenvalue weighted by Crippen LogP contribution is 2.50. The number of nitriles is 1. The highest BCUT2D eigenvalue weighted by molar-refractivity contribution is 6.01. The fourth-order valence-electron chi connectivity index (χ4n) is 4.48. The van der Waals surface area contributed by atoms with Crippen molar-refractivity contribution in [1.82, 2.24) is 0 Å². The van der Waals surface area contributed by atoms with Crippen LogP contribution in [0.2, 0.25) is 0 Å². The van der Waals surface area contributed by atoms with Gasteiger partial charge in [-0.1, -0.05) is 61.9 Å². The Balaban J connectivity index is 1.99. The molecular formula is C25H25N3O. The van der Waals surface area contributed by atoms with Gasteiger partial charge in [0.25, 0.3) is 0 Å². The maximum atomic E-state index is 13.4. The second-order valence-corrected chi connectivity index (χ2v) is 8.73. The van der Waals surface area contributed by atoms with Gasteiger partial charge in [0.2, 0.25) is 0 Å². The Morgan fingerprint density at radius 1 is 1.07 bits per heavy atom. The molecule has 1 unspecified atom stereocenters. The van der Waals surface area contributed by atoms with Gasteiger partial charge in [-0.3, -0.25) is 9.69 Å². The number of nitrogens with two attached hydrogens (primary N) is 1. The maximum absolute atomic E-state index is 13.4. The van der Waals surface area contributed by atoms with Crippen molar-refractivity contribution in [3.63, 3.8) is 0 Å². The second-order valence-electron chi connectivity index (χ2n) is 8.73. The van der Waals surface area contributed by atoms with Gasteiger partial charge in [-0.25, -0.2) is 0 Å². The third kappa shape index (κ3) is 3.23. The normalized spacial score (nSPS) is 21.1. The molecule has 146 valence electrons.